The molecular formula is C51H33NO2S. The molecule has 3 heterocycles. The van der Waals surface area contributed by atoms with E-state index >= 15 is 0 Å². The largest absolute Gasteiger partial charge is 0.456 e. The van der Waals surface area contributed by atoms with Gasteiger partial charge in [0, 0.05) is 64.1 Å². The van der Waals surface area contributed by atoms with Gasteiger partial charge in [-0.25, -0.2) is 0 Å². The van der Waals surface area contributed by atoms with Crippen LogP contribution < -0.4 is 4.90 Å². The standard InChI is InChI=1S/C51H33NO2S/c1-51(2)39-20-9-6-15-32(39)33-24-23-31(29-40(33)51)52(30-13-4-3-5-14-30)41-26-25-37-48-44(28-27-43-47(48)36-17-7-10-21-42(36)53-43)54-49(37)46(41)38-19-12-18-35-34-16-8-11-22-45(34)55-50(35)38/h3-29H,1-2H3. The molecule has 0 atom stereocenters. The van der Waals surface area contributed by atoms with Crippen molar-refractivity contribution in [1.82, 2.24) is 0 Å². The third kappa shape index (κ3) is 4.26. The van der Waals surface area contributed by atoms with Crippen molar-refractivity contribution in [2.45, 2.75) is 19.3 Å². The number of furan rings is 2. The van der Waals surface area contributed by atoms with Gasteiger partial charge in [0.1, 0.15) is 22.3 Å². The van der Waals surface area contributed by atoms with Gasteiger partial charge in [-0.15, -0.1) is 11.3 Å². The van der Waals surface area contributed by atoms with E-state index in [-0.39, 0.29) is 5.41 Å². The van der Waals surface area contributed by atoms with Crippen molar-refractivity contribution in [3.8, 4) is 22.3 Å². The van der Waals surface area contributed by atoms with Gasteiger partial charge >= 0.3 is 0 Å². The Hall–Kier alpha value is -6.62. The highest BCUT2D eigenvalue weighted by atomic mass is 32.1. The first-order valence-corrected chi connectivity index (χ1v) is 19.7. The maximum atomic E-state index is 7.14. The lowest BCUT2D eigenvalue weighted by Gasteiger charge is -2.30. The molecule has 3 nitrogen and oxygen atoms in total. The zero-order chi connectivity index (χ0) is 36.4. The summed E-state index contributed by atoms with van der Waals surface area (Å²) in [5.41, 5.74) is 14.1. The molecule has 0 amide bonds. The Bertz CT molecular complexity index is 3360. The summed E-state index contributed by atoms with van der Waals surface area (Å²) in [6.45, 7) is 4.70. The molecule has 0 radical (unpaired) electrons. The van der Waals surface area contributed by atoms with Gasteiger partial charge in [0.05, 0.1) is 11.3 Å². The SMILES string of the molecule is CC1(C)c2ccccc2-c2ccc(N(c3ccccc3)c3ccc4c(oc5ccc6oc7ccccc7c6c54)c3-c3cccc4c3sc3ccccc34)cc21. The third-order valence-electron chi connectivity index (χ3n) is 11.9. The molecule has 1 aliphatic carbocycles. The van der Waals surface area contributed by atoms with Crippen LogP contribution in [-0.2, 0) is 5.41 Å². The molecule has 8 aromatic carbocycles. The molecule has 0 bridgehead atoms. The van der Waals surface area contributed by atoms with Crippen molar-refractivity contribution in [2.75, 3.05) is 4.90 Å². The van der Waals surface area contributed by atoms with E-state index in [9.17, 15) is 0 Å². The smallest absolute Gasteiger partial charge is 0.145 e. The molecule has 4 heteroatoms. The second-order valence-electron chi connectivity index (χ2n) is 15.2. The summed E-state index contributed by atoms with van der Waals surface area (Å²) in [5, 5.41) is 6.86. The Labute approximate surface area is 321 Å². The lowest BCUT2D eigenvalue weighted by Crippen LogP contribution is -2.16. The van der Waals surface area contributed by atoms with Crippen LogP contribution in [0.15, 0.2) is 173 Å². The summed E-state index contributed by atoms with van der Waals surface area (Å²) >= 11 is 1.85. The van der Waals surface area contributed by atoms with E-state index < -0.39 is 0 Å². The summed E-state index contributed by atoms with van der Waals surface area (Å²) in [6.07, 6.45) is 0. The van der Waals surface area contributed by atoms with Crippen LogP contribution >= 0.6 is 11.3 Å². The van der Waals surface area contributed by atoms with Crippen molar-refractivity contribution in [2.24, 2.45) is 0 Å². The second-order valence-corrected chi connectivity index (χ2v) is 16.3. The minimum atomic E-state index is -0.142. The first-order valence-electron chi connectivity index (χ1n) is 18.8. The lowest BCUT2D eigenvalue weighted by atomic mass is 9.82. The first-order chi connectivity index (χ1) is 27.0. The van der Waals surface area contributed by atoms with Crippen molar-refractivity contribution in [1.29, 1.82) is 0 Å². The van der Waals surface area contributed by atoms with E-state index in [1.165, 1.54) is 42.4 Å². The van der Waals surface area contributed by atoms with Crippen LogP contribution in [-0.4, -0.2) is 0 Å². The van der Waals surface area contributed by atoms with Crippen LogP contribution in [0.5, 0.6) is 0 Å². The Morgan fingerprint density at radius 2 is 1.16 bits per heavy atom. The Morgan fingerprint density at radius 1 is 0.473 bits per heavy atom. The number of hydrogen-bond acceptors (Lipinski definition) is 4. The van der Waals surface area contributed by atoms with Crippen molar-refractivity contribution in [3.05, 3.63) is 175 Å². The van der Waals surface area contributed by atoms with E-state index in [0.717, 1.165) is 72.1 Å². The monoisotopic (exact) mass is 723 g/mol. The quantitative estimate of drug-likeness (QED) is 0.181. The van der Waals surface area contributed by atoms with Crippen molar-refractivity contribution in [3.63, 3.8) is 0 Å². The Balaban J connectivity index is 1.21. The van der Waals surface area contributed by atoms with Crippen LogP contribution in [0.1, 0.15) is 25.0 Å². The molecule has 0 spiro atoms. The number of hydrogen-bond donors (Lipinski definition) is 0. The van der Waals surface area contributed by atoms with Gasteiger partial charge < -0.3 is 13.7 Å². The van der Waals surface area contributed by atoms with Crippen LogP contribution in [0.25, 0.3) is 86.3 Å². The van der Waals surface area contributed by atoms with Gasteiger partial charge in [-0.1, -0.05) is 117 Å². The molecule has 1 aliphatic rings. The number of thiophene rings is 1. The molecular weight excluding hydrogens is 691 g/mol. The average molecular weight is 724 g/mol. The fourth-order valence-corrected chi connectivity index (χ4v) is 10.6. The minimum absolute atomic E-state index is 0.142. The van der Waals surface area contributed by atoms with Crippen LogP contribution in [0.3, 0.4) is 0 Å². The first kappa shape index (κ1) is 30.8. The summed E-state index contributed by atoms with van der Waals surface area (Å²) in [4.78, 5) is 2.43. The van der Waals surface area contributed by atoms with Gasteiger partial charge in [0.15, 0.2) is 0 Å². The molecule has 0 saturated carbocycles. The number of rotatable bonds is 4. The average Bonchev–Trinajstić information content (AvgIpc) is 3.96. The molecule has 0 saturated heterocycles. The predicted octanol–water partition coefficient (Wildman–Crippen LogP) is 15.3. The highest BCUT2D eigenvalue weighted by molar-refractivity contribution is 7.26. The number of fused-ring (bicyclic) bond motifs is 13. The second kappa shape index (κ2) is 11.2. The van der Waals surface area contributed by atoms with Crippen molar-refractivity contribution >= 4 is 92.4 Å². The lowest BCUT2D eigenvalue weighted by molar-refractivity contribution is 0.660. The number of anilines is 3. The summed E-state index contributed by atoms with van der Waals surface area (Å²) in [7, 11) is 0. The fraction of sp³-hybridized carbons (Fsp3) is 0.0588. The normalized spacial score (nSPS) is 13.4. The van der Waals surface area contributed by atoms with Gasteiger partial charge in [0.2, 0.25) is 0 Å². The van der Waals surface area contributed by atoms with Crippen LogP contribution in [0, 0.1) is 0 Å². The summed E-state index contributed by atoms with van der Waals surface area (Å²) < 4.78 is 16.0. The summed E-state index contributed by atoms with van der Waals surface area (Å²) in [6, 6.07) is 59.1. The highest BCUT2D eigenvalue weighted by Crippen LogP contribution is 2.54. The van der Waals surface area contributed by atoms with E-state index in [4.69, 9.17) is 8.83 Å². The molecule has 11 aromatic rings. The van der Waals surface area contributed by atoms with Crippen molar-refractivity contribution < 1.29 is 8.83 Å². The number of benzene rings is 8. The molecule has 0 unspecified atom stereocenters. The Kier molecular flexibility index (Phi) is 6.27. The Morgan fingerprint density at radius 3 is 2.05 bits per heavy atom. The molecule has 0 N–H and O–H groups in total. The molecule has 55 heavy (non-hydrogen) atoms. The molecule has 3 aromatic heterocycles. The topological polar surface area (TPSA) is 29.5 Å². The molecule has 260 valence electrons. The zero-order valence-electron chi connectivity index (χ0n) is 30.3. The maximum Gasteiger partial charge on any atom is 0.145 e. The molecule has 0 fully saturated rings. The molecule has 12 rings (SSSR count). The molecule has 0 aliphatic heterocycles. The van der Waals surface area contributed by atoms with Gasteiger partial charge in [-0.2, -0.15) is 0 Å². The maximum absolute atomic E-state index is 7.14. The summed E-state index contributed by atoms with van der Waals surface area (Å²) in [5.74, 6) is 0. The van der Waals surface area contributed by atoms with Crippen LogP contribution in [0.4, 0.5) is 17.1 Å². The van der Waals surface area contributed by atoms with Gasteiger partial charge in [-0.3, -0.25) is 0 Å². The zero-order valence-corrected chi connectivity index (χ0v) is 31.1. The van der Waals surface area contributed by atoms with E-state index in [0.29, 0.717) is 0 Å². The van der Waals surface area contributed by atoms with E-state index in [1.54, 1.807) is 0 Å². The van der Waals surface area contributed by atoms with Gasteiger partial charge in [0.25, 0.3) is 0 Å². The van der Waals surface area contributed by atoms with Crippen LogP contribution in [0.2, 0.25) is 0 Å². The predicted molar refractivity (Wildman–Crippen MR) is 232 cm³/mol. The minimum Gasteiger partial charge on any atom is -0.456 e. The number of nitrogens with zero attached hydrogens (tertiary/aromatic N) is 1. The van der Waals surface area contributed by atoms with Gasteiger partial charge in [-0.05, 0) is 82.9 Å². The third-order valence-corrected chi connectivity index (χ3v) is 13.1. The fourth-order valence-electron chi connectivity index (χ4n) is 9.36. The number of para-hydroxylation sites is 2. The van der Waals surface area contributed by atoms with E-state index in [1.807, 2.05) is 29.5 Å². The highest BCUT2D eigenvalue weighted by Gasteiger charge is 2.36. The van der Waals surface area contributed by atoms with E-state index in [2.05, 4.69) is 164 Å².